The molecule has 0 aromatic carbocycles. The van der Waals surface area contributed by atoms with Gasteiger partial charge in [0.1, 0.15) is 0 Å². The molecule has 13 heavy (non-hydrogen) atoms. The summed E-state index contributed by atoms with van der Waals surface area (Å²) in [6.45, 7) is 10.7. The van der Waals surface area contributed by atoms with Gasteiger partial charge in [-0.2, -0.15) is 0 Å². The maximum Gasteiger partial charge on any atom is 0 e. The molecule has 74 valence electrons. The molecule has 0 aromatic heterocycles. The van der Waals surface area contributed by atoms with Gasteiger partial charge < -0.3 is 10.0 Å². The van der Waals surface area contributed by atoms with E-state index < -0.39 is 7.12 Å². The van der Waals surface area contributed by atoms with E-state index in [0.717, 1.165) is 7.15 Å². The zero-order chi connectivity index (χ0) is 10.3. The Morgan fingerprint density at radius 2 is 1.00 bits per heavy atom. The number of rotatable bonds is 0. The molecule has 7 heteroatoms. The zero-order valence-electron chi connectivity index (χ0n) is 9.61. The third-order valence-electron chi connectivity index (χ3n) is 0. The number of hydrogen-bond acceptors (Lipinski definition) is 3. The first-order valence-electron chi connectivity index (χ1n) is 3.91. The standard InChI is InChI=1S/2C2H6.CH5BO2.CH3BO.2Y/c2*1-2;1-2(3)4;1-2-3;;/h2*1-2H3;3-4H,1H3;1H3;;. The van der Waals surface area contributed by atoms with Crippen LogP contribution in [-0.4, -0.2) is 24.3 Å². The normalized spacial score (nSPS) is 3.69. The second kappa shape index (κ2) is 65.3. The van der Waals surface area contributed by atoms with Gasteiger partial charge in [0, 0.05) is 65.4 Å². The Hall–Kier alpha value is 2.06. The minimum absolute atomic E-state index is 0. The van der Waals surface area contributed by atoms with Crippen LogP contribution in [-0.2, 0) is 70.1 Å². The van der Waals surface area contributed by atoms with Crippen LogP contribution in [0.4, 0.5) is 0 Å². The summed E-state index contributed by atoms with van der Waals surface area (Å²) < 4.78 is 8.81. The topological polar surface area (TPSA) is 57.5 Å². The monoisotopic (exact) mass is 340 g/mol. The van der Waals surface area contributed by atoms with E-state index in [1.807, 2.05) is 27.7 Å². The Morgan fingerprint density at radius 3 is 1.00 bits per heavy atom. The van der Waals surface area contributed by atoms with Gasteiger partial charge in [-0.3, -0.25) is 0 Å². The van der Waals surface area contributed by atoms with Crippen molar-refractivity contribution in [3.05, 3.63) is 0 Å². The van der Waals surface area contributed by atoms with Gasteiger partial charge in [0.05, 0.1) is 0 Å². The van der Waals surface area contributed by atoms with Crippen LogP contribution in [0.5, 0.6) is 0 Å². The quantitative estimate of drug-likeness (QED) is 0.653. The van der Waals surface area contributed by atoms with Gasteiger partial charge in [0.25, 0.3) is 0 Å². The van der Waals surface area contributed by atoms with E-state index in [-0.39, 0.29) is 65.4 Å². The van der Waals surface area contributed by atoms with Crippen LogP contribution < -0.4 is 0 Å². The van der Waals surface area contributed by atoms with Crippen LogP contribution in [0.15, 0.2) is 0 Å². The molecule has 2 N–H and O–H groups in total. The minimum atomic E-state index is -1.17. The average Bonchev–Trinajstić information content (AvgIpc) is 1.96. The summed E-state index contributed by atoms with van der Waals surface area (Å²) in [7, 11) is -0.417. The van der Waals surface area contributed by atoms with Crippen molar-refractivity contribution in [3.63, 3.8) is 0 Å². The first kappa shape index (κ1) is 36.3. The van der Waals surface area contributed by atoms with Gasteiger partial charge in [-0.15, -0.1) is 0 Å². The fraction of sp³-hybridized carbons (Fsp3) is 1.00. The second-order valence-electron chi connectivity index (χ2n) is 0.868. The predicted molar refractivity (Wildman–Crippen MR) is 51.1 cm³/mol. The van der Waals surface area contributed by atoms with Crippen LogP contribution in [0.2, 0.25) is 13.6 Å². The van der Waals surface area contributed by atoms with Gasteiger partial charge in [-0.05, 0) is 6.82 Å². The second-order valence-corrected chi connectivity index (χ2v) is 0.868. The summed E-state index contributed by atoms with van der Waals surface area (Å²) in [5.74, 6) is 0. The van der Waals surface area contributed by atoms with Gasteiger partial charge in [-0.1, -0.05) is 27.7 Å². The van der Waals surface area contributed by atoms with Crippen LogP contribution in [0.3, 0.4) is 0 Å². The average molecular weight is 340 g/mol. The van der Waals surface area contributed by atoms with Crippen molar-refractivity contribution in [3.8, 4) is 0 Å². The molecule has 0 spiro atoms. The molecule has 0 atom stereocenters. The van der Waals surface area contributed by atoms with E-state index in [4.69, 9.17) is 14.8 Å². The van der Waals surface area contributed by atoms with Crippen LogP contribution in [0, 0.1) is 0 Å². The third kappa shape index (κ3) is 483. The molecule has 0 aliphatic carbocycles. The van der Waals surface area contributed by atoms with Crippen molar-refractivity contribution in [1.29, 1.82) is 0 Å². The van der Waals surface area contributed by atoms with E-state index >= 15 is 0 Å². The van der Waals surface area contributed by atoms with Gasteiger partial charge in [-0.25, -0.2) is 0 Å². The molecule has 0 heterocycles. The summed E-state index contributed by atoms with van der Waals surface area (Å²) in [6.07, 6.45) is 0. The molecule has 3 nitrogen and oxygen atoms in total. The summed E-state index contributed by atoms with van der Waals surface area (Å²) >= 11 is 0. The molecule has 2 radical (unpaired) electrons. The Labute approximate surface area is 134 Å². The molecule has 0 fully saturated rings. The van der Waals surface area contributed by atoms with Crippen molar-refractivity contribution >= 4 is 14.3 Å². The summed E-state index contributed by atoms with van der Waals surface area (Å²) in [6, 6.07) is 0. The fourth-order valence-corrected chi connectivity index (χ4v) is 0. The van der Waals surface area contributed by atoms with Crippen molar-refractivity contribution in [2.24, 2.45) is 0 Å². The maximum absolute atomic E-state index is 8.81. The summed E-state index contributed by atoms with van der Waals surface area (Å²) in [4.78, 5) is 0. The van der Waals surface area contributed by atoms with Crippen LogP contribution in [0.1, 0.15) is 27.7 Å². The summed E-state index contributed by atoms with van der Waals surface area (Å²) in [5, 5.41) is 15.2. The van der Waals surface area contributed by atoms with Gasteiger partial charge in [0.15, 0.2) is 0 Å². The van der Waals surface area contributed by atoms with Gasteiger partial charge >= 0.3 is 25.8 Å². The molecule has 0 saturated heterocycles. The smallest absolute Gasteiger partial charge is 0 e. The summed E-state index contributed by atoms with van der Waals surface area (Å²) in [5.41, 5.74) is 0. The molecule has 0 bridgehead atoms. The van der Waals surface area contributed by atoms with E-state index in [1.165, 1.54) is 13.6 Å². The van der Waals surface area contributed by atoms with Crippen molar-refractivity contribution < 1.29 is 80.2 Å². The van der Waals surface area contributed by atoms with E-state index in [9.17, 15) is 0 Å². The Balaban J connectivity index is -0.0000000125. The molecular weight excluding hydrogens is 319 g/mol. The van der Waals surface area contributed by atoms with E-state index in [1.54, 1.807) is 0 Å². The predicted octanol–water partition coefficient (Wildman–Crippen LogP) is 1.22. The van der Waals surface area contributed by atoms with Crippen molar-refractivity contribution in [2.45, 2.75) is 41.3 Å². The molecule has 0 aromatic rings. The number of hydrogen-bond donors (Lipinski definition) is 2. The van der Waals surface area contributed by atoms with Crippen molar-refractivity contribution in [1.82, 2.24) is 0 Å². The largest absolute Gasteiger partial charge is 0.0683 e. The Kier molecular flexibility index (Phi) is 182. The molecular formula is C6H20B2O3Y2. The first-order valence-corrected chi connectivity index (χ1v) is 3.91. The van der Waals surface area contributed by atoms with Crippen LogP contribution >= 0.6 is 0 Å². The molecule has 0 rings (SSSR count). The molecule has 0 unspecified atom stereocenters. The molecule has 0 aliphatic heterocycles. The Morgan fingerprint density at radius 1 is 1.00 bits per heavy atom. The van der Waals surface area contributed by atoms with Crippen LogP contribution in [0.25, 0.3) is 0 Å². The SMILES string of the molecule is CB(O)O.CB=O.CC.CC.[Y].[Y]. The van der Waals surface area contributed by atoms with E-state index in [0.29, 0.717) is 0 Å². The van der Waals surface area contributed by atoms with Crippen molar-refractivity contribution in [2.75, 3.05) is 0 Å². The minimum Gasteiger partial charge on any atom is -0.0683 e. The first-order chi connectivity index (χ1) is 5.15. The fourth-order valence-electron chi connectivity index (χ4n) is 0. The maximum atomic E-state index is 8.81. The zero-order valence-corrected chi connectivity index (χ0v) is 15.3. The molecule has 0 saturated carbocycles. The third-order valence-corrected chi connectivity index (χ3v) is 0. The Bertz CT molecular complexity index is 48.1. The molecule has 0 aliphatic rings. The molecule has 0 amide bonds. The van der Waals surface area contributed by atoms with Gasteiger partial charge in [0.2, 0.25) is 0 Å². The van der Waals surface area contributed by atoms with E-state index in [2.05, 4.69) is 0 Å².